The minimum absolute atomic E-state index is 0.0704. The highest BCUT2D eigenvalue weighted by atomic mass is 35.5. The van der Waals surface area contributed by atoms with Crippen LogP contribution in [0, 0.1) is 0 Å². The molecule has 0 radical (unpaired) electrons. The van der Waals surface area contributed by atoms with Crippen molar-refractivity contribution in [2.75, 3.05) is 5.73 Å². The fourth-order valence-corrected chi connectivity index (χ4v) is 3.99. The van der Waals surface area contributed by atoms with Gasteiger partial charge in [-0.2, -0.15) is 0 Å². The Morgan fingerprint density at radius 3 is 2.57 bits per heavy atom. The van der Waals surface area contributed by atoms with E-state index in [-0.39, 0.29) is 17.8 Å². The summed E-state index contributed by atoms with van der Waals surface area (Å²) in [7, 11) is 0. The lowest BCUT2D eigenvalue weighted by Crippen LogP contribution is -2.21. The van der Waals surface area contributed by atoms with Gasteiger partial charge in [-0.3, -0.25) is 9.78 Å². The van der Waals surface area contributed by atoms with E-state index in [1.807, 2.05) is 32.0 Å². The summed E-state index contributed by atoms with van der Waals surface area (Å²) in [6, 6.07) is 12.7. The molecule has 0 bridgehead atoms. The summed E-state index contributed by atoms with van der Waals surface area (Å²) >= 11 is 12.5. The van der Waals surface area contributed by atoms with Gasteiger partial charge in [0.2, 0.25) is 5.95 Å². The van der Waals surface area contributed by atoms with Gasteiger partial charge in [-0.05, 0) is 30.7 Å². The maximum Gasteiger partial charge on any atom is 0.303 e. The van der Waals surface area contributed by atoms with Crippen LogP contribution in [0.4, 0.5) is 5.95 Å². The highest BCUT2D eigenvalue weighted by molar-refractivity contribution is 6.43. The number of rotatable bonds is 8. The molecule has 0 aliphatic rings. The number of carboxylic acids is 1. The van der Waals surface area contributed by atoms with Crippen molar-refractivity contribution in [3.05, 3.63) is 70.1 Å². The first kappa shape index (κ1) is 24.6. The van der Waals surface area contributed by atoms with Crippen LogP contribution in [0.3, 0.4) is 0 Å². The van der Waals surface area contributed by atoms with Crippen LogP contribution in [-0.4, -0.2) is 41.0 Å². The third-order valence-electron chi connectivity index (χ3n) is 5.56. The molecule has 180 valence electrons. The molecule has 0 amide bonds. The van der Waals surface area contributed by atoms with Gasteiger partial charge in [0.1, 0.15) is 5.69 Å². The number of carboxylic acid groups (broad SMARTS) is 1. The quantitative estimate of drug-likeness (QED) is 0.342. The molecule has 0 saturated carbocycles. The second-order valence-electron chi connectivity index (χ2n) is 8.69. The lowest BCUT2D eigenvalue weighted by Gasteiger charge is -2.23. The standard InChI is InChI=1S/C24H23Cl2N7O2/c1-24(2,10-9-21(34)35)20-8-3-5-14(28-20)12-33-13-19(31-32-33)18-11-17(29-23(27)30-18)15-6-4-7-16(25)22(15)26/h3-8,11,13H,9-10,12H2,1-2H3,(H,34,35)(H2,27,29,30). The number of halogens is 2. The Morgan fingerprint density at radius 2 is 1.80 bits per heavy atom. The number of carbonyl (C=O) groups is 1. The zero-order valence-electron chi connectivity index (χ0n) is 19.1. The Labute approximate surface area is 212 Å². The molecule has 0 saturated heterocycles. The number of hydrogen-bond acceptors (Lipinski definition) is 7. The second-order valence-corrected chi connectivity index (χ2v) is 9.48. The Bertz CT molecular complexity index is 1390. The van der Waals surface area contributed by atoms with E-state index in [4.69, 9.17) is 39.0 Å². The molecule has 0 atom stereocenters. The predicted octanol–water partition coefficient (Wildman–Crippen LogP) is 4.88. The normalized spacial score (nSPS) is 11.5. The Hall–Kier alpha value is -3.56. The number of pyridine rings is 1. The van der Waals surface area contributed by atoms with Crippen molar-refractivity contribution >= 4 is 35.1 Å². The van der Waals surface area contributed by atoms with Crippen LogP contribution in [0.2, 0.25) is 10.0 Å². The smallest absolute Gasteiger partial charge is 0.303 e. The van der Waals surface area contributed by atoms with Gasteiger partial charge < -0.3 is 10.8 Å². The molecule has 0 unspecified atom stereocenters. The zero-order valence-corrected chi connectivity index (χ0v) is 20.6. The number of aliphatic carboxylic acids is 1. The second kappa shape index (κ2) is 9.97. The van der Waals surface area contributed by atoms with Crippen LogP contribution >= 0.6 is 23.2 Å². The van der Waals surface area contributed by atoms with Gasteiger partial charge in [0.05, 0.1) is 39.9 Å². The first-order valence-electron chi connectivity index (χ1n) is 10.8. The molecule has 1 aromatic carbocycles. The molecule has 0 aliphatic carbocycles. The number of hydrogen-bond donors (Lipinski definition) is 2. The highest BCUT2D eigenvalue weighted by Crippen LogP contribution is 2.34. The fraction of sp³-hybridized carbons (Fsp3) is 0.250. The van der Waals surface area contributed by atoms with E-state index in [1.165, 1.54) is 0 Å². The molecular formula is C24H23Cl2N7O2. The van der Waals surface area contributed by atoms with Gasteiger partial charge in [0, 0.05) is 23.1 Å². The lowest BCUT2D eigenvalue weighted by atomic mass is 9.84. The van der Waals surface area contributed by atoms with E-state index in [2.05, 4.69) is 20.3 Å². The molecule has 4 aromatic rings. The van der Waals surface area contributed by atoms with Gasteiger partial charge >= 0.3 is 5.97 Å². The number of nitrogen functional groups attached to an aromatic ring is 1. The van der Waals surface area contributed by atoms with Gasteiger partial charge in [0.25, 0.3) is 0 Å². The van der Waals surface area contributed by atoms with Crippen molar-refractivity contribution in [2.24, 2.45) is 0 Å². The molecule has 3 aromatic heterocycles. The van der Waals surface area contributed by atoms with Crippen LogP contribution in [0.5, 0.6) is 0 Å². The van der Waals surface area contributed by atoms with E-state index < -0.39 is 5.97 Å². The summed E-state index contributed by atoms with van der Waals surface area (Å²) in [6.45, 7) is 4.35. The summed E-state index contributed by atoms with van der Waals surface area (Å²) in [4.78, 5) is 24.3. The van der Waals surface area contributed by atoms with Crippen molar-refractivity contribution in [1.82, 2.24) is 29.9 Å². The fourth-order valence-electron chi connectivity index (χ4n) is 3.59. The third kappa shape index (κ3) is 5.75. The van der Waals surface area contributed by atoms with Crippen LogP contribution in [0.1, 0.15) is 38.1 Å². The minimum Gasteiger partial charge on any atom is -0.481 e. The third-order valence-corrected chi connectivity index (χ3v) is 6.38. The monoisotopic (exact) mass is 511 g/mol. The Kier molecular flexibility index (Phi) is 7.00. The van der Waals surface area contributed by atoms with Gasteiger partial charge in [-0.15, -0.1) is 5.10 Å². The Balaban J connectivity index is 1.57. The summed E-state index contributed by atoms with van der Waals surface area (Å²) in [5.41, 5.74) is 9.33. The first-order valence-corrected chi connectivity index (χ1v) is 11.6. The van der Waals surface area contributed by atoms with E-state index in [9.17, 15) is 4.79 Å². The summed E-state index contributed by atoms with van der Waals surface area (Å²) in [6.07, 6.45) is 2.31. The van der Waals surface area contributed by atoms with Crippen molar-refractivity contribution in [3.63, 3.8) is 0 Å². The molecule has 4 rings (SSSR count). The SMILES string of the molecule is CC(C)(CCC(=O)O)c1cccc(Cn2cc(-c3cc(-c4cccc(Cl)c4Cl)nc(N)n3)nn2)n1. The summed E-state index contributed by atoms with van der Waals surface area (Å²) < 4.78 is 1.65. The molecule has 0 aliphatic heterocycles. The number of nitrogens with two attached hydrogens (primary N) is 1. The molecule has 0 spiro atoms. The average Bonchev–Trinajstić information content (AvgIpc) is 3.28. The van der Waals surface area contributed by atoms with Gasteiger partial charge in [-0.1, -0.05) is 60.5 Å². The average molecular weight is 512 g/mol. The summed E-state index contributed by atoms with van der Waals surface area (Å²) in [5, 5.41) is 18.2. The number of aromatic nitrogens is 6. The van der Waals surface area contributed by atoms with Crippen molar-refractivity contribution in [2.45, 2.75) is 38.6 Å². The van der Waals surface area contributed by atoms with Gasteiger partial charge in [0.15, 0.2) is 0 Å². The van der Waals surface area contributed by atoms with Crippen molar-refractivity contribution in [1.29, 1.82) is 0 Å². The van der Waals surface area contributed by atoms with Crippen molar-refractivity contribution in [3.8, 4) is 22.6 Å². The van der Waals surface area contributed by atoms with E-state index in [0.29, 0.717) is 45.7 Å². The highest BCUT2D eigenvalue weighted by Gasteiger charge is 2.23. The van der Waals surface area contributed by atoms with Crippen LogP contribution in [0.15, 0.2) is 48.7 Å². The van der Waals surface area contributed by atoms with Crippen LogP contribution in [-0.2, 0) is 16.8 Å². The van der Waals surface area contributed by atoms with Crippen LogP contribution < -0.4 is 5.73 Å². The van der Waals surface area contributed by atoms with Gasteiger partial charge in [-0.25, -0.2) is 14.6 Å². The van der Waals surface area contributed by atoms with Crippen molar-refractivity contribution < 1.29 is 9.90 Å². The molecule has 11 heteroatoms. The maximum atomic E-state index is 11.0. The maximum absolute atomic E-state index is 11.0. The summed E-state index contributed by atoms with van der Waals surface area (Å²) in [5.74, 6) is -0.753. The minimum atomic E-state index is -0.824. The number of anilines is 1. The lowest BCUT2D eigenvalue weighted by molar-refractivity contribution is -0.137. The Morgan fingerprint density at radius 1 is 1.06 bits per heavy atom. The zero-order chi connectivity index (χ0) is 25.2. The van der Waals surface area contributed by atoms with Crippen LogP contribution in [0.25, 0.3) is 22.6 Å². The molecule has 3 N–H and O–H groups in total. The first-order chi connectivity index (χ1) is 16.6. The molecule has 3 heterocycles. The largest absolute Gasteiger partial charge is 0.481 e. The van der Waals surface area contributed by atoms with E-state index in [1.54, 1.807) is 35.1 Å². The van der Waals surface area contributed by atoms with E-state index in [0.717, 1.165) is 11.4 Å². The van der Waals surface area contributed by atoms with E-state index >= 15 is 0 Å². The molecule has 9 nitrogen and oxygen atoms in total. The number of benzene rings is 1. The molecular weight excluding hydrogens is 489 g/mol. The predicted molar refractivity (Wildman–Crippen MR) is 134 cm³/mol. The number of nitrogens with zero attached hydrogens (tertiary/aromatic N) is 6. The molecule has 0 fully saturated rings. The molecule has 35 heavy (non-hydrogen) atoms. The topological polar surface area (TPSA) is 133 Å².